The highest BCUT2D eigenvalue weighted by Gasteiger charge is 2.51. The van der Waals surface area contributed by atoms with Gasteiger partial charge in [0.05, 0.1) is 10.3 Å². The summed E-state index contributed by atoms with van der Waals surface area (Å²) in [5.74, 6) is -2.48. The number of esters is 1. The molecule has 2 aliphatic rings. The van der Waals surface area contributed by atoms with Crippen molar-refractivity contribution >= 4 is 45.7 Å². The number of ether oxygens (including phenoxy) is 1. The third-order valence-electron chi connectivity index (χ3n) is 4.70. The number of benzene rings is 1. The molecule has 0 aromatic heterocycles. The van der Waals surface area contributed by atoms with E-state index in [-0.39, 0.29) is 22.6 Å². The zero-order chi connectivity index (χ0) is 28.0. The lowest BCUT2D eigenvalue weighted by Gasteiger charge is -2.47. The second-order valence-corrected chi connectivity index (χ2v) is 11.3. The normalized spacial score (nSPS) is 19.0. The molecule has 0 saturated carbocycles. The summed E-state index contributed by atoms with van der Waals surface area (Å²) in [6.07, 6.45) is 0. The molecule has 5 N–H and O–H groups in total. The summed E-state index contributed by atoms with van der Waals surface area (Å²) >= 11 is 1.37. The van der Waals surface area contributed by atoms with E-state index in [4.69, 9.17) is 25.2 Å². The van der Waals surface area contributed by atoms with Gasteiger partial charge in [-0.3, -0.25) is 23.8 Å². The summed E-state index contributed by atoms with van der Waals surface area (Å²) in [7, 11) is -4.02. The Kier molecular flexibility index (Phi) is 10.7. The van der Waals surface area contributed by atoms with E-state index in [2.05, 4.69) is 0 Å². The van der Waals surface area contributed by atoms with Crippen molar-refractivity contribution in [3.05, 3.63) is 41.1 Å². The molecule has 1 aromatic rings. The van der Waals surface area contributed by atoms with Crippen LogP contribution in [0, 0.1) is 12.3 Å². The molecule has 0 spiro atoms. The van der Waals surface area contributed by atoms with Crippen LogP contribution in [0.25, 0.3) is 0 Å². The van der Waals surface area contributed by atoms with E-state index >= 15 is 0 Å². The number of rotatable bonds is 4. The van der Waals surface area contributed by atoms with Crippen molar-refractivity contribution in [1.29, 1.82) is 0 Å². The van der Waals surface area contributed by atoms with Crippen LogP contribution in [0.4, 0.5) is 0 Å². The molecule has 200 valence electrons. The third kappa shape index (κ3) is 8.62. The van der Waals surface area contributed by atoms with Gasteiger partial charge in [0.1, 0.15) is 23.7 Å². The number of carbonyl (C=O) groups is 4. The molecule has 1 amide bonds. The number of nitrogens with two attached hydrogens (primary N) is 1. The first-order valence-electron chi connectivity index (χ1n) is 10.4. The second kappa shape index (κ2) is 12.3. The van der Waals surface area contributed by atoms with Gasteiger partial charge in [-0.2, -0.15) is 8.42 Å². The van der Waals surface area contributed by atoms with Gasteiger partial charge in [-0.25, -0.2) is 4.79 Å². The van der Waals surface area contributed by atoms with Gasteiger partial charge in [-0.1, -0.05) is 17.7 Å². The molecule has 2 atom stereocenters. The van der Waals surface area contributed by atoms with Crippen molar-refractivity contribution in [2.75, 3.05) is 12.4 Å². The molecular weight excluding hydrogens is 516 g/mol. The molecule has 0 radical (unpaired) electrons. The standard InChI is InChI=1S/C10H12N2O5S.C7H8O3S.C5H10O2/c1-4(13)17-2-5-3-18-9-6(11)8(14)12(9)7(5)10(15)16;1-6-2-4-7(5-3-6)11(8,9)10;1-5(2,3)4(6)7/h6,9H,2-3,11H2,1H3,(H,15,16);2-5H,1H3,(H,8,9,10);1-3H3,(H,6,7)/t6-,9-;;/m1../s1. The Balaban J connectivity index is 0.000000306. The lowest BCUT2D eigenvalue weighted by Crippen LogP contribution is -2.68. The van der Waals surface area contributed by atoms with E-state index in [9.17, 15) is 27.6 Å². The molecule has 0 aliphatic carbocycles. The zero-order valence-corrected chi connectivity index (χ0v) is 22.1. The van der Waals surface area contributed by atoms with E-state index < -0.39 is 45.4 Å². The molecule has 2 heterocycles. The first-order valence-corrected chi connectivity index (χ1v) is 12.9. The minimum atomic E-state index is -4.02. The van der Waals surface area contributed by atoms with Crippen LogP contribution in [-0.4, -0.2) is 75.7 Å². The van der Waals surface area contributed by atoms with Gasteiger partial charge >= 0.3 is 17.9 Å². The fraction of sp³-hybridized carbons (Fsp3) is 0.455. The molecule has 2 aliphatic heterocycles. The Morgan fingerprint density at radius 3 is 2.06 bits per heavy atom. The average molecular weight is 547 g/mol. The Morgan fingerprint density at radius 1 is 1.17 bits per heavy atom. The minimum absolute atomic E-state index is 0.0666. The maximum atomic E-state index is 11.6. The van der Waals surface area contributed by atoms with Gasteiger partial charge in [0.25, 0.3) is 10.1 Å². The van der Waals surface area contributed by atoms with Gasteiger partial charge in [0.15, 0.2) is 0 Å². The fourth-order valence-corrected chi connectivity index (χ4v) is 4.34. The van der Waals surface area contributed by atoms with Crippen LogP contribution in [0.1, 0.15) is 33.3 Å². The molecule has 1 aromatic carbocycles. The number of fused-ring (bicyclic) bond motifs is 1. The number of thioether (sulfide) groups is 1. The van der Waals surface area contributed by atoms with Crippen molar-refractivity contribution in [1.82, 2.24) is 4.90 Å². The van der Waals surface area contributed by atoms with Crippen molar-refractivity contribution in [2.45, 2.75) is 50.9 Å². The van der Waals surface area contributed by atoms with Gasteiger partial charge in [-0.05, 0) is 39.8 Å². The molecule has 0 unspecified atom stereocenters. The predicted octanol–water partition coefficient (Wildman–Crippen LogP) is 1.49. The number of carboxylic acids is 2. The largest absolute Gasteiger partial charge is 0.481 e. The number of aliphatic carboxylic acids is 2. The number of carbonyl (C=O) groups excluding carboxylic acids is 2. The van der Waals surface area contributed by atoms with E-state index in [1.807, 2.05) is 6.92 Å². The highest BCUT2D eigenvalue weighted by atomic mass is 32.2. The minimum Gasteiger partial charge on any atom is -0.481 e. The van der Waals surface area contributed by atoms with Crippen LogP contribution in [-0.2, 0) is 34.0 Å². The van der Waals surface area contributed by atoms with Gasteiger partial charge in [-0.15, -0.1) is 11.8 Å². The molecular formula is C22H30N2O10S2. The summed E-state index contributed by atoms with van der Waals surface area (Å²) in [5, 5.41) is 17.1. The van der Waals surface area contributed by atoms with Crippen LogP contribution >= 0.6 is 11.8 Å². The van der Waals surface area contributed by atoms with Crippen LogP contribution in [0.15, 0.2) is 40.4 Å². The zero-order valence-electron chi connectivity index (χ0n) is 20.4. The topological polar surface area (TPSA) is 202 Å². The summed E-state index contributed by atoms with van der Waals surface area (Å²) in [6, 6.07) is 5.33. The second-order valence-electron chi connectivity index (χ2n) is 8.82. The van der Waals surface area contributed by atoms with Crippen LogP contribution in [0.2, 0.25) is 0 Å². The number of hydrogen-bond donors (Lipinski definition) is 4. The van der Waals surface area contributed by atoms with E-state index in [0.717, 1.165) is 5.56 Å². The summed E-state index contributed by atoms with van der Waals surface area (Å²) in [5.41, 5.74) is 6.28. The van der Waals surface area contributed by atoms with Gasteiger partial charge in [0, 0.05) is 18.2 Å². The Labute approximate surface area is 213 Å². The number of β-lactam (4-membered cyclic amide) rings is 1. The Bertz CT molecular complexity index is 1140. The number of aryl methyl sites for hydroxylation is 1. The SMILES string of the molecule is CC(=O)OCC1=C(C(=O)O)N2C(=O)[C@@H](N)[C@H]2SC1.CC(C)(C)C(=O)O.Cc1ccc(S(=O)(=O)O)cc1. The summed E-state index contributed by atoms with van der Waals surface area (Å²) in [4.78, 5) is 44.6. The number of carboxylic acid groups (broad SMARTS) is 2. The average Bonchev–Trinajstić information content (AvgIpc) is 2.76. The molecule has 3 rings (SSSR count). The van der Waals surface area contributed by atoms with E-state index in [0.29, 0.717) is 11.3 Å². The molecule has 1 saturated heterocycles. The van der Waals surface area contributed by atoms with Gasteiger partial charge < -0.3 is 20.7 Å². The van der Waals surface area contributed by atoms with Gasteiger partial charge in [0.2, 0.25) is 5.91 Å². The molecule has 14 heteroatoms. The molecule has 36 heavy (non-hydrogen) atoms. The first-order chi connectivity index (χ1) is 16.4. The Morgan fingerprint density at radius 2 is 1.67 bits per heavy atom. The van der Waals surface area contributed by atoms with Crippen molar-refractivity contribution in [2.24, 2.45) is 11.1 Å². The molecule has 0 bridgehead atoms. The smallest absolute Gasteiger partial charge is 0.352 e. The molecule has 12 nitrogen and oxygen atoms in total. The van der Waals surface area contributed by atoms with Crippen LogP contribution in [0.3, 0.4) is 0 Å². The van der Waals surface area contributed by atoms with Crippen LogP contribution in [0.5, 0.6) is 0 Å². The first kappa shape index (κ1) is 31.1. The third-order valence-corrected chi connectivity index (χ3v) is 6.93. The lowest BCUT2D eigenvalue weighted by molar-refractivity contribution is -0.148. The van der Waals surface area contributed by atoms with Crippen molar-refractivity contribution < 1.29 is 47.1 Å². The fourth-order valence-electron chi connectivity index (χ4n) is 2.59. The number of amides is 1. The highest BCUT2D eigenvalue weighted by Crippen LogP contribution is 2.39. The Hall–Kier alpha value is -2.94. The van der Waals surface area contributed by atoms with Crippen LogP contribution < -0.4 is 5.73 Å². The maximum Gasteiger partial charge on any atom is 0.352 e. The summed E-state index contributed by atoms with van der Waals surface area (Å²) in [6.45, 7) is 7.95. The maximum absolute atomic E-state index is 11.6. The highest BCUT2D eigenvalue weighted by molar-refractivity contribution is 8.00. The number of nitrogens with zero attached hydrogens (tertiary/aromatic N) is 1. The lowest BCUT2D eigenvalue weighted by atomic mass is 9.98. The summed E-state index contributed by atoms with van der Waals surface area (Å²) < 4.78 is 34.3. The quantitative estimate of drug-likeness (QED) is 0.241. The monoisotopic (exact) mass is 546 g/mol. The molecule has 1 fully saturated rings. The number of hydrogen-bond acceptors (Lipinski definition) is 9. The predicted molar refractivity (Wildman–Crippen MR) is 130 cm³/mol. The van der Waals surface area contributed by atoms with E-state index in [1.165, 1.54) is 35.7 Å². The van der Waals surface area contributed by atoms with E-state index in [1.54, 1.807) is 32.9 Å². The van der Waals surface area contributed by atoms with Crippen molar-refractivity contribution in [3.8, 4) is 0 Å². The van der Waals surface area contributed by atoms with Crippen molar-refractivity contribution in [3.63, 3.8) is 0 Å².